The van der Waals surface area contributed by atoms with E-state index in [4.69, 9.17) is 9.47 Å². The molecule has 0 N–H and O–H groups in total. The molecule has 2 aliphatic rings. The van der Waals surface area contributed by atoms with Crippen molar-refractivity contribution < 1.29 is 18.7 Å². The minimum Gasteiger partial charge on any atom is -0.486 e. The molecule has 1 fully saturated rings. The van der Waals surface area contributed by atoms with E-state index >= 15 is 0 Å². The van der Waals surface area contributed by atoms with Gasteiger partial charge in [-0.2, -0.15) is 0 Å². The summed E-state index contributed by atoms with van der Waals surface area (Å²) in [5, 5.41) is 0. The number of benzene rings is 2. The number of fused-ring (bicyclic) bond motifs is 1. The maximum absolute atomic E-state index is 13.4. The highest BCUT2D eigenvalue weighted by atomic mass is 19.1. The van der Waals surface area contributed by atoms with Crippen molar-refractivity contribution in [1.29, 1.82) is 0 Å². The lowest BCUT2D eigenvalue weighted by Gasteiger charge is -2.33. The summed E-state index contributed by atoms with van der Waals surface area (Å²) < 4.78 is 24.6. The first-order valence-corrected chi connectivity index (χ1v) is 9.49. The third-order valence-electron chi connectivity index (χ3n) is 5.64. The van der Waals surface area contributed by atoms with E-state index in [9.17, 15) is 9.18 Å². The fourth-order valence-electron chi connectivity index (χ4n) is 4.27. The normalized spacial score (nSPS) is 17.6. The van der Waals surface area contributed by atoms with E-state index in [0.29, 0.717) is 19.8 Å². The zero-order chi connectivity index (χ0) is 18.9. The van der Waals surface area contributed by atoms with Gasteiger partial charge in [-0.3, -0.25) is 4.79 Å². The third-order valence-corrected chi connectivity index (χ3v) is 5.64. The predicted molar refractivity (Wildman–Crippen MR) is 100 cm³/mol. The van der Waals surface area contributed by atoms with Gasteiger partial charge in [-0.1, -0.05) is 31.0 Å². The minimum atomic E-state index is -0.545. The summed E-state index contributed by atoms with van der Waals surface area (Å²) >= 11 is 0. The zero-order valence-electron chi connectivity index (χ0n) is 15.5. The highest BCUT2D eigenvalue weighted by Gasteiger charge is 2.44. The average molecular weight is 369 g/mol. The van der Waals surface area contributed by atoms with Crippen LogP contribution in [0.3, 0.4) is 0 Å². The van der Waals surface area contributed by atoms with Gasteiger partial charge in [0.2, 0.25) is 5.91 Å². The van der Waals surface area contributed by atoms with E-state index in [1.807, 2.05) is 25.2 Å². The molecule has 0 radical (unpaired) electrons. The van der Waals surface area contributed by atoms with E-state index in [2.05, 4.69) is 0 Å². The molecule has 0 aromatic heterocycles. The van der Waals surface area contributed by atoms with Gasteiger partial charge in [0, 0.05) is 13.6 Å². The number of likely N-dealkylation sites (N-methyl/N-ethyl adjacent to an activating group) is 1. The molecule has 0 unspecified atom stereocenters. The van der Waals surface area contributed by atoms with E-state index in [0.717, 1.165) is 48.3 Å². The highest BCUT2D eigenvalue weighted by molar-refractivity contribution is 5.88. The molecule has 27 heavy (non-hydrogen) atoms. The number of rotatable bonds is 4. The van der Waals surface area contributed by atoms with Crippen molar-refractivity contribution in [3.05, 3.63) is 59.4 Å². The van der Waals surface area contributed by atoms with Crippen LogP contribution in [0.1, 0.15) is 36.8 Å². The molecule has 1 saturated carbocycles. The summed E-state index contributed by atoms with van der Waals surface area (Å²) in [6, 6.07) is 12.2. The molecular weight excluding hydrogens is 345 g/mol. The lowest BCUT2D eigenvalue weighted by molar-refractivity contribution is -0.136. The molecule has 1 amide bonds. The second-order valence-electron chi connectivity index (χ2n) is 7.44. The summed E-state index contributed by atoms with van der Waals surface area (Å²) in [6.45, 7) is 1.60. The average Bonchev–Trinajstić information content (AvgIpc) is 3.19. The van der Waals surface area contributed by atoms with Crippen LogP contribution in [0.4, 0.5) is 4.39 Å². The summed E-state index contributed by atoms with van der Waals surface area (Å²) in [5.41, 5.74) is 1.37. The van der Waals surface area contributed by atoms with Crippen LogP contribution in [0.2, 0.25) is 0 Å². The van der Waals surface area contributed by atoms with Gasteiger partial charge in [0.1, 0.15) is 19.0 Å². The number of halogens is 1. The van der Waals surface area contributed by atoms with Crippen LogP contribution in [-0.4, -0.2) is 31.1 Å². The largest absolute Gasteiger partial charge is 0.486 e. The maximum atomic E-state index is 13.4. The van der Waals surface area contributed by atoms with Crippen LogP contribution in [-0.2, 0) is 16.8 Å². The first-order chi connectivity index (χ1) is 13.1. The van der Waals surface area contributed by atoms with E-state index in [1.165, 1.54) is 12.1 Å². The van der Waals surface area contributed by atoms with Crippen molar-refractivity contribution in [2.75, 3.05) is 20.3 Å². The molecule has 4 rings (SSSR count). The van der Waals surface area contributed by atoms with Gasteiger partial charge in [-0.25, -0.2) is 4.39 Å². The van der Waals surface area contributed by atoms with Crippen LogP contribution >= 0.6 is 0 Å². The lowest BCUT2D eigenvalue weighted by atomic mass is 9.77. The molecule has 0 saturated heterocycles. The molecule has 1 aliphatic carbocycles. The molecule has 0 bridgehead atoms. The Morgan fingerprint density at radius 3 is 2.41 bits per heavy atom. The Morgan fingerprint density at radius 2 is 1.70 bits per heavy atom. The standard InChI is InChI=1S/C22H24FNO3/c1-24(15-16-4-9-19-20(14-16)27-13-12-26-19)21(25)22(10-2-3-11-22)17-5-7-18(23)8-6-17/h4-9,14H,2-3,10-13,15H2,1H3. The maximum Gasteiger partial charge on any atom is 0.233 e. The Balaban J connectivity index is 1.56. The van der Waals surface area contributed by atoms with Gasteiger partial charge in [-0.15, -0.1) is 0 Å². The van der Waals surface area contributed by atoms with Gasteiger partial charge in [0.25, 0.3) is 0 Å². The second kappa shape index (κ2) is 7.22. The number of hydrogen-bond donors (Lipinski definition) is 0. The quantitative estimate of drug-likeness (QED) is 0.816. The van der Waals surface area contributed by atoms with Crippen LogP contribution in [0.15, 0.2) is 42.5 Å². The van der Waals surface area contributed by atoms with Crippen molar-refractivity contribution >= 4 is 5.91 Å². The van der Waals surface area contributed by atoms with Crippen molar-refractivity contribution in [2.45, 2.75) is 37.6 Å². The molecule has 4 nitrogen and oxygen atoms in total. The fourth-order valence-corrected chi connectivity index (χ4v) is 4.27. The minimum absolute atomic E-state index is 0.0986. The molecule has 2 aromatic carbocycles. The second-order valence-corrected chi connectivity index (χ2v) is 7.44. The van der Waals surface area contributed by atoms with Crippen molar-refractivity contribution in [1.82, 2.24) is 4.90 Å². The zero-order valence-corrected chi connectivity index (χ0v) is 15.5. The summed E-state index contributed by atoms with van der Waals surface area (Å²) in [7, 11) is 1.84. The van der Waals surface area contributed by atoms with E-state index in [-0.39, 0.29) is 11.7 Å². The predicted octanol–water partition coefficient (Wildman–Crippen LogP) is 4.07. The smallest absolute Gasteiger partial charge is 0.233 e. The van der Waals surface area contributed by atoms with Crippen LogP contribution in [0.25, 0.3) is 0 Å². The molecule has 142 valence electrons. The number of hydrogen-bond acceptors (Lipinski definition) is 3. The lowest BCUT2D eigenvalue weighted by Crippen LogP contribution is -2.43. The Hall–Kier alpha value is -2.56. The summed E-state index contributed by atoms with van der Waals surface area (Å²) in [4.78, 5) is 15.2. The van der Waals surface area contributed by atoms with Crippen molar-refractivity contribution in [3.8, 4) is 11.5 Å². The van der Waals surface area contributed by atoms with Crippen LogP contribution in [0.5, 0.6) is 11.5 Å². The van der Waals surface area contributed by atoms with Crippen molar-refractivity contribution in [3.63, 3.8) is 0 Å². The highest BCUT2D eigenvalue weighted by Crippen LogP contribution is 2.43. The fraction of sp³-hybridized carbons (Fsp3) is 0.409. The molecule has 1 aliphatic heterocycles. The molecule has 5 heteroatoms. The summed E-state index contributed by atoms with van der Waals surface area (Å²) in [5.74, 6) is 1.30. The number of amides is 1. The first kappa shape index (κ1) is 17.8. The van der Waals surface area contributed by atoms with Gasteiger partial charge in [0.15, 0.2) is 11.5 Å². The number of carbonyl (C=O) groups excluding carboxylic acids is 1. The Bertz CT molecular complexity index is 828. The molecule has 2 aromatic rings. The molecule has 0 spiro atoms. The monoisotopic (exact) mass is 369 g/mol. The number of carbonyl (C=O) groups is 1. The summed E-state index contributed by atoms with van der Waals surface area (Å²) in [6.07, 6.45) is 3.65. The van der Waals surface area contributed by atoms with Crippen molar-refractivity contribution in [2.24, 2.45) is 0 Å². The third kappa shape index (κ3) is 3.38. The van der Waals surface area contributed by atoms with Gasteiger partial charge in [0.05, 0.1) is 5.41 Å². The van der Waals surface area contributed by atoms with E-state index < -0.39 is 5.41 Å². The number of nitrogens with zero attached hydrogens (tertiary/aromatic N) is 1. The van der Waals surface area contributed by atoms with E-state index in [1.54, 1.807) is 17.0 Å². The molecule has 1 heterocycles. The van der Waals surface area contributed by atoms with Gasteiger partial charge < -0.3 is 14.4 Å². The Morgan fingerprint density at radius 1 is 1.04 bits per heavy atom. The molecular formula is C22H24FNO3. The first-order valence-electron chi connectivity index (χ1n) is 9.49. The van der Waals surface area contributed by atoms with Crippen LogP contribution < -0.4 is 9.47 Å². The van der Waals surface area contributed by atoms with Gasteiger partial charge in [-0.05, 0) is 48.2 Å². The molecule has 0 atom stereocenters. The number of ether oxygens (including phenoxy) is 2. The topological polar surface area (TPSA) is 38.8 Å². The SMILES string of the molecule is CN(Cc1ccc2c(c1)OCCO2)C(=O)C1(c2ccc(F)cc2)CCCC1. The van der Waals surface area contributed by atoms with Crippen LogP contribution in [0, 0.1) is 5.82 Å². The van der Waals surface area contributed by atoms with Gasteiger partial charge >= 0.3 is 0 Å². The Labute approximate surface area is 158 Å². The Kier molecular flexibility index (Phi) is 4.77.